The standard InChI is InChI=1S/C16H13ClO2/c1-19-13-9-6-12(7-10-13)8-11-16(18)14-4-2-3-5-15(14)17/h2-11H,1H3/b11-8+. The molecule has 2 rings (SSSR count). The van der Waals surface area contributed by atoms with E-state index in [1.165, 1.54) is 6.08 Å². The van der Waals surface area contributed by atoms with Crippen LogP contribution in [0.3, 0.4) is 0 Å². The van der Waals surface area contributed by atoms with Gasteiger partial charge in [0, 0.05) is 5.56 Å². The van der Waals surface area contributed by atoms with Gasteiger partial charge in [-0.05, 0) is 35.9 Å². The van der Waals surface area contributed by atoms with Crippen molar-refractivity contribution in [1.82, 2.24) is 0 Å². The summed E-state index contributed by atoms with van der Waals surface area (Å²) in [7, 11) is 1.62. The molecule has 0 amide bonds. The van der Waals surface area contributed by atoms with Gasteiger partial charge in [-0.15, -0.1) is 0 Å². The molecule has 0 N–H and O–H groups in total. The van der Waals surface area contributed by atoms with Crippen molar-refractivity contribution >= 4 is 23.5 Å². The van der Waals surface area contributed by atoms with Crippen LogP contribution < -0.4 is 4.74 Å². The Morgan fingerprint density at radius 3 is 2.42 bits per heavy atom. The highest BCUT2D eigenvalue weighted by Crippen LogP contribution is 2.17. The van der Waals surface area contributed by atoms with E-state index in [2.05, 4.69) is 0 Å². The van der Waals surface area contributed by atoms with E-state index in [1.54, 1.807) is 37.5 Å². The molecule has 0 radical (unpaired) electrons. The number of ketones is 1. The fourth-order valence-corrected chi connectivity index (χ4v) is 1.87. The second-order valence-corrected chi connectivity index (χ2v) is 4.36. The molecule has 0 aliphatic rings. The monoisotopic (exact) mass is 272 g/mol. The maximum Gasteiger partial charge on any atom is 0.187 e. The zero-order chi connectivity index (χ0) is 13.7. The van der Waals surface area contributed by atoms with Crippen molar-refractivity contribution in [2.45, 2.75) is 0 Å². The molecule has 0 saturated carbocycles. The first-order valence-electron chi connectivity index (χ1n) is 5.81. The molecule has 0 aliphatic heterocycles. The fraction of sp³-hybridized carbons (Fsp3) is 0.0625. The first-order chi connectivity index (χ1) is 9.20. The lowest BCUT2D eigenvalue weighted by Gasteiger charge is -2.00. The maximum atomic E-state index is 12.0. The third-order valence-electron chi connectivity index (χ3n) is 2.68. The van der Waals surface area contributed by atoms with Crippen LogP contribution in [-0.2, 0) is 0 Å². The average Bonchev–Trinajstić information content (AvgIpc) is 2.46. The van der Waals surface area contributed by atoms with Crippen LogP contribution in [0, 0.1) is 0 Å². The lowest BCUT2D eigenvalue weighted by molar-refractivity contribution is 0.104. The summed E-state index contributed by atoms with van der Waals surface area (Å²) in [5.41, 5.74) is 1.44. The molecule has 0 atom stereocenters. The summed E-state index contributed by atoms with van der Waals surface area (Å²) in [5, 5.41) is 0.465. The van der Waals surface area contributed by atoms with Crippen molar-refractivity contribution in [2.75, 3.05) is 7.11 Å². The van der Waals surface area contributed by atoms with Crippen LogP contribution in [0.2, 0.25) is 5.02 Å². The number of ether oxygens (including phenoxy) is 1. The maximum absolute atomic E-state index is 12.0. The molecule has 2 aromatic carbocycles. The lowest BCUT2D eigenvalue weighted by Crippen LogP contribution is -1.94. The molecule has 2 aromatic rings. The number of carbonyl (C=O) groups is 1. The highest BCUT2D eigenvalue weighted by molar-refractivity contribution is 6.34. The predicted molar refractivity (Wildman–Crippen MR) is 77.8 cm³/mol. The Bertz CT molecular complexity index is 600. The fourth-order valence-electron chi connectivity index (χ4n) is 1.64. The van der Waals surface area contributed by atoms with Crippen LogP contribution in [0.15, 0.2) is 54.6 Å². The van der Waals surface area contributed by atoms with Gasteiger partial charge in [-0.2, -0.15) is 0 Å². The van der Waals surface area contributed by atoms with Gasteiger partial charge in [0.2, 0.25) is 0 Å². The summed E-state index contributed by atoms with van der Waals surface area (Å²) >= 11 is 5.97. The topological polar surface area (TPSA) is 26.3 Å². The predicted octanol–water partition coefficient (Wildman–Crippen LogP) is 4.24. The lowest BCUT2D eigenvalue weighted by atomic mass is 10.1. The Balaban J connectivity index is 2.14. The van der Waals surface area contributed by atoms with Crippen LogP contribution in [0.5, 0.6) is 5.75 Å². The molecular formula is C16H13ClO2. The zero-order valence-electron chi connectivity index (χ0n) is 10.5. The van der Waals surface area contributed by atoms with E-state index in [0.29, 0.717) is 10.6 Å². The van der Waals surface area contributed by atoms with E-state index in [-0.39, 0.29) is 5.78 Å². The van der Waals surface area contributed by atoms with E-state index in [0.717, 1.165) is 11.3 Å². The third-order valence-corrected chi connectivity index (χ3v) is 3.01. The summed E-state index contributed by atoms with van der Waals surface area (Å²) in [6, 6.07) is 14.5. The van der Waals surface area contributed by atoms with E-state index >= 15 is 0 Å². The molecule has 0 fully saturated rings. The van der Waals surface area contributed by atoms with Crippen molar-refractivity contribution in [3.63, 3.8) is 0 Å². The molecule has 3 heteroatoms. The normalized spacial score (nSPS) is 10.6. The second-order valence-electron chi connectivity index (χ2n) is 3.95. The molecule has 0 bridgehead atoms. The van der Waals surface area contributed by atoms with Gasteiger partial charge in [0.15, 0.2) is 5.78 Å². The molecule has 0 saturated heterocycles. The summed E-state index contributed by atoms with van der Waals surface area (Å²) < 4.78 is 5.07. The summed E-state index contributed by atoms with van der Waals surface area (Å²) in [5.74, 6) is 0.677. The van der Waals surface area contributed by atoms with Gasteiger partial charge in [0.05, 0.1) is 12.1 Å². The van der Waals surface area contributed by atoms with Crippen LogP contribution >= 0.6 is 11.6 Å². The minimum Gasteiger partial charge on any atom is -0.497 e. The van der Waals surface area contributed by atoms with Gasteiger partial charge in [0.1, 0.15) is 5.75 Å². The van der Waals surface area contributed by atoms with Crippen LogP contribution in [0.4, 0.5) is 0 Å². The smallest absolute Gasteiger partial charge is 0.187 e. The van der Waals surface area contributed by atoms with E-state index in [4.69, 9.17) is 16.3 Å². The van der Waals surface area contributed by atoms with E-state index in [1.807, 2.05) is 24.3 Å². The highest BCUT2D eigenvalue weighted by atomic mass is 35.5. The molecule has 0 heterocycles. The number of hydrogen-bond acceptors (Lipinski definition) is 2. The average molecular weight is 273 g/mol. The molecule has 19 heavy (non-hydrogen) atoms. The summed E-state index contributed by atoms with van der Waals surface area (Å²) in [6.45, 7) is 0. The van der Waals surface area contributed by atoms with Gasteiger partial charge < -0.3 is 4.74 Å². The van der Waals surface area contributed by atoms with Crippen molar-refractivity contribution in [3.05, 3.63) is 70.8 Å². The first-order valence-corrected chi connectivity index (χ1v) is 6.19. The van der Waals surface area contributed by atoms with Gasteiger partial charge in [-0.25, -0.2) is 0 Å². The largest absolute Gasteiger partial charge is 0.497 e. The Kier molecular flexibility index (Phi) is 4.37. The third kappa shape index (κ3) is 3.46. The Morgan fingerprint density at radius 1 is 1.11 bits per heavy atom. The number of methoxy groups -OCH3 is 1. The van der Waals surface area contributed by atoms with Crippen LogP contribution in [-0.4, -0.2) is 12.9 Å². The Labute approximate surface area is 117 Å². The van der Waals surface area contributed by atoms with Crippen molar-refractivity contribution in [2.24, 2.45) is 0 Å². The SMILES string of the molecule is COc1ccc(/C=C/C(=O)c2ccccc2Cl)cc1. The molecule has 96 valence electrons. The van der Waals surface area contributed by atoms with Gasteiger partial charge >= 0.3 is 0 Å². The zero-order valence-corrected chi connectivity index (χ0v) is 11.2. The van der Waals surface area contributed by atoms with E-state index in [9.17, 15) is 4.79 Å². The van der Waals surface area contributed by atoms with Gasteiger partial charge in [0.25, 0.3) is 0 Å². The summed E-state index contributed by atoms with van der Waals surface area (Å²) in [4.78, 5) is 12.0. The highest BCUT2D eigenvalue weighted by Gasteiger charge is 2.05. The van der Waals surface area contributed by atoms with Crippen molar-refractivity contribution < 1.29 is 9.53 Å². The van der Waals surface area contributed by atoms with Crippen molar-refractivity contribution in [1.29, 1.82) is 0 Å². The van der Waals surface area contributed by atoms with E-state index < -0.39 is 0 Å². The van der Waals surface area contributed by atoms with Crippen molar-refractivity contribution in [3.8, 4) is 5.75 Å². The molecule has 2 nitrogen and oxygen atoms in total. The molecule has 0 spiro atoms. The number of halogens is 1. The molecular weight excluding hydrogens is 260 g/mol. The number of benzene rings is 2. The Morgan fingerprint density at radius 2 is 1.79 bits per heavy atom. The molecule has 0 aromatic heterocycles. The number of rotatable bonds is 4. The summed E-state index contributed by atoms with van der Waals surface area (Å²) in [6.07, 6.45) is 3.27. The van der Waals surface area contributed by atoms with Crippen LogP contribution in [0.25, 0.3) is 6.08 Å². The van der Waals surface area contributed by atoms with Crippen LogP contribution in [0.1, 0.15) is 15.9 Å². The number of carbonyl (C=O) groups excluding carboxylic acids is 1. The first kappa shape index (κ1) is 13.4. The Hall–Kier alpha value is -2.06. The number of allylic oxidation sites excluding steroid dienone is 1. The second kappa shape index (κ2) is 6.21. The minimum atomic E-state index is -0.110. The molecule has 0 unspecified atom stereocenters. The van der Waals surface area contributed by atoms with Gasteiger partial charge in [-0.3, -0.25) is 4.79 Å². The quantitative estimate of drug-likeness (QED) is 0.614. The minimum absolute atomic E-state index is 0.110. The molecule has 0 aliphatic carbocycles. The number of hydrogen-bond donors (Lipinski definition) is 0. The van der Waals surface area contributed by atoms with Gasteiger partial charge in [-0.1, -0.05) is 41.9 Å².